The number of thiazole rings is 1. The molecule has 6 nitrogen and oxygen atoms in total. The molecule has 0 fully saturated rings. The molecule has 0 bridgehead atoms. The van der Waals surface area contributed by atoms with Crippen molar-refractivity contribution in [2.24, 2.45) is 0 Å². The van der Waals surface area contributed by atoms with Crippen LogP contribution in [0.25, 0.3) is 0 Å². The third kappa shape index (κ3) is 2.18. The number of carbonyl (C=O) groups excluding carboxylic acids is 1. The van der Waals surface area contributed by atoms with Gasteiger partial charge in [0.05, 0.1) is 12.6 Å². The molecule has 7 heteroatoms. The van der Waals surface area contributed by atoms with Crippen molar-refractivity contribution in [1.82, 2.24) is 14.5 Å². The first-order chi connectivity index (χ1) is 9.43. The topological polar surface area (TPSA) is 83.0 Å². The zero-order valence-electron chi connectivity index (χ0n) is 12.0. The second-order valence-electron chi connectivity index (χ2n) is 4.84. The number of hydrogen-bond acceptors (Lipinski definition) is 6. The summed E-state index contributed by atoms with van der Waals surface area (Å²) in [6, 6.07) is 0. The molecule has 2 N–H and O–H groups in total. The van der Waals surface area contributed by atoms with Gasteiger partial charge in [0.25, 0.3) is 0 Å². The van der Waals surface area contributed by atoms with Gasteiger partial charge >= 0.3 is 5.97 Å². The summed E-state index contributed by atoms with van der Waals surface area (Å²) < 4.78 is 6.58. The minimum Gasteiger partial charge on any atom is -0.464 e. The molecular formula is C13H18N4O2S. The molecule has 0 spiro atoms. The molecule has 2 rings (SSSR count). The number of nitrogens with zero attached hydrogens (tertiary/aromatic N) is 3. The Bertz CT molecular complexity index is 617. The number of nitrogen functional groups attached to an aromatic ring is 1. The second kappa shape index (κ2) is 5.24. The van der Waals surface area contributed by atoms with Gasteiger partial charge in [-0.3, -0.25) is 0 Å². The number of ether oxygens (including phenoxy) is 1. The van der Waals surface area contributed by atoms with Gasteiger partial charge in [-0.05, 0) is 13.8 Å². The van der Waals surface area contributed by atoms with Gasteiger partial charge in [0.2, 0.25) is 0 Å². The lowest BCUT2D eigenvalue weighted by molar-refractivity contribution is 0.0595. The number of methoxy groups -OCH3 is 1. The molecule has 0 saturated carbocycles. The van der Waals surface area contributed by atoms with E-state index in [0.717, 1.165) is 10.8 Å². The Balaban J connectivity index is 2.62. The average molecular weight is 294 g/mol. The van der Waals surface area contributed by atoms with Gasteiger partial charge in [-0.25, -0.2) is 14.8 Å². The summed E-state index contributed by atoms with van der Waals surface area (Å²) in [6.07, 6.45) is 2.41. The molecule has 2 heterocycles. The maximum atomic E-state index is 11.7. The fourth-order valence-electron chi connectivity index (χ4n) is 2.21. The van der Waals surface area contributed by atoms with Crippen molar-refractivity contribution >= 4 is 23.1 Å². The summed E-state index contributed by atoms with van der Waals surface area (Å²) in [5, 5.41) is 2.82. The third-order valence-electron chi connectivity index (χ3n) is 3.19. The maximum absolute atomic E-state index is 11.7. The van der Waals surface area contributed by atoms with Gasteiger partial charge in [0.15, 0.2) is 5.69 Å². The van der Waals surface area contributed by atoms with Crippen LogP contribution in [0.15, 0.2) is 11.6 Å². The Kier molecular flexibility index (Phi) is 3.80. The lowest BCUT2D eigenvalue weighted by Gasteiger charge is -2.27. The molecule has 0 amide bonds. The molecule has 0 aliphatic rings. The van der Waals surface area contributed by atoms with E-state index in [1.165, 1.54) is 7.11 Å². The van der Waals surface area contributed by atoms with Crippen molar-refractivity contribution in [2.75, 3.05) is 12.8 Å². The highest BCUT2D eigenvalue weighted by Gasteiger charge is 2.33. The molecule has 0 aromatic carbocycles. The zero-order chi connectivity index (χ0) is 14.9. The van der Waals surface area contributed by atoms with E-state index in [-0.39, 0.29) is 5.69 Å². The van der Waals surface area contributed by atoms with E-state index < -0.39 is 11.5 Å². The molecular weight excluding hydrogens is 276 g/mol. The van der Waals surface area contributed by atoms with E-state index in [9.17, 15) is 4.79 Å². The fraction of sp³-hybridized carbons (Fsp3) is 0.462. The predicted molar refractivity (Wildman–Crippen MR) is 77.9 cm³/mol. The Morgan fingerprint density at radius 2 is 2.25 bits per heavy atom. The predicted octanol–water partition coefficient (Wildman–Crippen LogP) is 2.05. The smallest absolute Gasteiger partial charge is 0.360 e. The number of carbonyl (C=O) groups is 1. The third-order valence-corrected chi connectivity index (χ3v) is 4.28. The molecule has 2 aromatic rings. The summed E-state index contributed by atoms with van der Waals surface area (Å²) in [4.78, 5) is 20.4. The van der Waals surface area contributed by atoms with E-state index in [0.29, 0.717) is 12.2 Å². The SMILES string of the molecule is CCc1nc(C(=O)OC)c(N)n1C(C)(C)c1nccs1. The van der Waals surface area contributed by atoms with Crippen LogP contribution in [-0.2, 0) is 16.7 Å². The summed E-state index contributed by atoms with van der Waals surface area (Å²) in [5.41, 5.74) is 5.82. The van der Waals surface area contributed by atoms with Gasteiger partial charge < -0.3 is 15.0 Å². The Morgan fingerprint density at radius 3 is 2.75 bits per heavy atom. The van der Waals surface area contributed by atoms with E-state index in [1.54, 1.807) is 17.5 Å². The van der Waals surface area contributed by atoms with Crippen molar-refractivity contribution < 1.29 is 9.53 Å². The molecule has 0 aliphatic carbocycles. The average Bonchev–Trinajstić information content (AvgIpc) is 3.05. The summed E-state index contributed by atoms with van der Waals surface area (Å²) >= 11 is 1.54. The Morgan fingerprint density at radius 1 is 1.55 bits per heavy atom. The highest BCUT2D eigenvalue weighted by Crippen LogP contribution is 2.32. The number of esters is 1. The highest BCUT2D eigenvalue weighted by atomic mass is 32.1. The number of aryl methyl sites for hydroxylation is 1. The summed E-state index contributed by atoms with van der Waals surface area (Å²) in [6.45, 7) is 5.98. The highest BCUT2D eigenvalue weighted by molar-refractivity contribution is 7.09. The monoisotopic (exact) mass is 294 g/mol. The molecule has 0 saturated heterocycles. The molecule has 0 aliphatic heterocycles. The lowest BCUT2D eigenvalue weighted by Crippen LogP contribution is -2.30. The van der Waals surface area contributed by atoms with E-state index in [2.05, 4.69) is 9.97 Å². The number of rotatable bonds is 4. The largest absolute Gasteiger partial charge is 0.464 e. The van der Waals surface area contributed by atoms with Gasteiger partial charge in [-0.2, -0.15) is 0 Å². The number of aromatic nitrogens is 3. The van der Waals surface area contributed by atoms with Crippen molar-refractivity contribution in [3.63, 3.8) is 0 Å². The van der Waals surface area contributed by atoms with Crippen LogP contribution in [0.4, 0.5) is 5.82 Å². The molecule has 0 atom stereocenters. The molecule has 20 heavy (non-hydrogen) atoms. The molecule has 108 valence electrons. The maximum Gasteiger partial charge on any atom is 0.360 e. The number of nitrogens with two attached hydrogens (primary N) is 1. The van der Waals surface area contributed by atoms with Gasteiger partial charge in [0.1, 0.15) is 16.6 Å². The number of imidazole rings is 1. The summed E-state index contributed by atoms with van der Waals surface area (Å²) in [7, 11) is 1.32. The quantitative estimate of drug-likeness (QED) is 0.873. The van der Waals surface area contributed by atoms with Gasteiger partial charge in [0, 0.05) is 18.0 Å². The van der Waals surface area contributed by atoms with Crippen LogP contribution in [0.1, 0.15) is 42.1 Å². The Hall–Kier alpha value is -1.89. The van der Waals surface area contributed by atoms with Crippen molar-refractivity contribution in [1.29, 1.82) is 0 Å². The van der Waals surface area contributed by atoms with Crippen molar-refractivity contribution in [2.45, 2.75) is 32.7 Å². The minimum atomic E-state index is -0.522. The molecule has 0 unspecified atom stereocenters. The van der Waals surface area contributed by atoms with Crippen molar-refractivity contribution in [3.8, 4) is 0 Å². The minimum absolute atomic E-state index is 0.161. The molecule has 0 radical (unpaired) electrons. The molecule has 2 aromatic heterocycles. The van der Waals surface area contributed by atoms with Gasteiger partial charge in [-0.1, -0.05) is 6.92 Å². The summed E-state index contributed by atoms with van der Waals surface area (Å²) in [5.74, 6) is 0.530. The fourth-order valence-corrected chi connectivity index (χ4v) is 2.96. The van der Waals surface area contributed by atoms with Crippen LogP contribution in [0.5, 0.6) is 0 Å². The van der Waals surface area contributed by atoms with Crippen LogP contribution < -0.4 is 5.73 Å². The van der Waals surface area contributed by atoms with Crippen LogP contribution in [-0.4, -0.2) is 27.6 Å². The zero-order valence-corrected chi connectivity index (χ0v) is 12.8. The van der Waals surface area contributed by atoms with Crippen LogP contribution in [0.3, 0.4) is 0 Å². The first-order valence-electron chi connectivity index (χ1n) is 6.29. The van der Waals surface area contributed by atoms with E-state index in [1.807, 2.05) is 30.7 Å². The first-order valence-corrected chi connectivity index (χ1v) is 7.17. The Labute approximate surface area is 121 Å². The van der Waals surface area contributed by atoms with Crippen LogP contribution in [0, 0.1) is 0 Å². The number of hydrogen-bond donors (Lipinski definition) is 1. The van der Waals surface area contributed by atoms with Gasteiger partial charge in [-0.15, -0.1) is 11.3 Å². The van der Waals surface area contributed by atoms with Crippen LogP contribution in [0.2, 0.25) is 0 Å². The van der Waals surface area contributed by atoms with Crippen molar-refractivity contribution in [3.05, 3.63) is 28.1 Å². The van der Waals surface area contributed by atoms with Crippen LogP contribution >= 0.6 is 11.3 Å². The van der Waals surface area contributed by atoms with E-state index in [4.69, 9.17) is 10.5 Å². The number of anilines is 1. The normalized spacial score (nSPS) is 11.6. The van der Waals surface area contributed by atoms with E-state index >= 15 is 0 Å². The first kappa shape index (κ1) is 14.5. The second-order valence-corrected chi connectivity index (χ2v) is 5.73. The lowest BCUT2D eigenvalue weighted by atomic mass is 10.1. The standard InChI is InChI=1S/C13H18N4O2S/c1-5-8-16-9(11(18)19-4)10(14)17(8)13(2,3)12-15-6-7-20-12/h6-7H,5,14H2,1-4H3.